The van der Waals surface area contributed by atoms with Gasteiger partial charge in [0.2, 0.25) is 5.91 Å². The summed E-state index contributed by atoms with van der Waals surface area (Å²) < 4.78 is 14.2. The van der Waals surface area contributed by atoms with Crippen molar-refractivity contribution in [3.05, 3.63) is 89.5 Å². The lowest BCUT2D eigenvalue weighted by Crippen LogP contribution is -2.49. The fourth-order valence-electron chi connectivity index (χ4n) is 4.78. The van der Waals surface area contributed by atoms with Crippen LogP contribution >= 0.6 is 0 Å². The van der Waals surface area contributed by atoms with Gasteiger partial charge in [0, 0.05) is 24.3 Å². The van der Waals surface area contributed by atoms with Crippen LogP contribution in [0.4, 0.5) is 4.39 Å². The third kappa shape index (κ3) is 5.48. The average Bonchev–Trinajstić information content (AvgIpc) is 2.82. The molecule has 0 atom stereocenters. The molecule has 4 rings (SSSR count). The molecule has 0 bridgehead atoms. The van der Waals surface area contributed by atoms with Crippen molar-refractivity contribution in [2.24, 2.45) is 5.41 Å². The zero-order chi connectivity index (χ0) is 23.3. The minimum absolute atomic E-state index is 0.136. The molecule has 0 spiro atoms. The van der Waals surface area contributed by atoms with Crippen LogP contribution in [0.5, 0.6) is 0 Å². The maximum absolute atomic E-state index is 14.2. The third-order valence-electron chi connectivity index (χ3n) is 6.65. The molecule has 33 heavy (non-hydrogen) atoms. The molecule has 0 saturated carbocycles. The van der Waals surface area contributed by atoms with Crippen molar-refractivity contribution < 1.29 is 9.18 Å². The Morgan fingerprint density at radius 1 is 1.03 bits per heavy atom. The molecule has 2 heterocycles. The van der Waals surface area contributed by atoms with E-state index in [2.05, 4.69) is 21.3 Å². The van der Waals surface area contributed by atoms with Gasteiger partial charge in [0.25, 0.3) is 0 Å². The lowest BCUT2D eigenvalue weighted by molar-refractivity contribution is -0.134. The molecule has 1 fully saturated rings. The van der Waals surface area contributed by atoms with Gasteiger partial charge in [0.05, 0.1) is 11.1 Å². The molecule has 0 radical (unpaired) electrons. The smallest absolute Gasteiger partial charge is 0.226 e. The van der Waals surface area contributed by atoms with Gasteiger partial charge < -0.3 is 5.32 Å². The number of hydrogen-bond donors (Lipinski definition) is 1. The molecular formula is C28H32FN3O. The Morgan fingerprint density at radius 2 is 1.76 bits per heavy atom. The highest BCUT2D eigenvalue weighted by atomic mass is 19.1. The molecule has 1 aliphatic rings. The number of rotatable bonds is 7. The zero-order valence-corrected chi connectivity index (χ0v) is 19.5. The Hall–Kier alpha value is -3.05. The number of piperidine rings is 1. The van der Waals surface area contributed by atoms with E-state index < -0.39 is 5.41 Å². The van der Waals surface area contributed by atoms with Crippen LogP contribution in [0.25, 0.3) is 11.1 Å². The molecule has 0 aliphatic carbocycles. The molecule has 1 aromatic heterocycles. The Morgan fingerprint density at radius 3 is 2.42 bits per heavy atom. The van der Waals surface area contributed by atoms with Gasteiger partial charge in [-0.25, -0.2) is 4.39 Å². The van der Waals surface area contributed by atoms with Crippen LogP contribution in [0.1, 0.15) is 36.7 Å². The SMILES string of the molecule is CCNC(=O)C1(Cc2ccc(-c3ccccc3F)cc2)CCN(Cc2cccc(C)n2)CC1. The number of hydrogen-bond acceptors (Lipinski definition) is 3. The van der Waals surface area contributed by atoms with Gasteiger partial charge in [0.1, 0.15) is 5.82 Å². The quantitative estimate of drug-likeness (QED) is 0.547. The highest BCUT2D eigenvalue weighted by Gasteiger charge is 2.41. The van der Waals surface area contributed by atoms with Crippen molar-refractivity contribution in [2.45, 2.75) is 39.7 Å². The number of pyridine rings is 1. The molecule has 3 aromatic rings. The summed E-state index contributed by atoms with van der Waals surface area (Å²) in [4.78, 5) is 20.2. The number of aryl methyl sites for hydroxylation is 1. The summed E-state index contributed by atoms with van der Waals surface area (Å²) in [5.74, 6) is -0.0870. The van der Waals surface area contributed by atoms with Gasteiger partial charge in [-0.05, 0) is 75.5 Å². The van der Waals surface area contributed by atoms with Crippen LogP contribution in [0, 0.1) is 18.2 Å². The summed E-state index contributed by atoms with van der Waals surface area (Å²) in [5.41, 5.74) is 4.23. The molecule has 172 valence electrons. The van der Waals surface area contributed by atoms with Gasteiger partial charge in [-0.1, -0.05) is 48.5 Å². The summed E-state index contributed by atoms with van der Waals surface area (Å²) in [7, 11) is 0. The minimum atomic E-state index is -0.425. The fourth-order valence-corrected chi connectivity index (χ4v) is 4.78. The van der Waals surface area contributed by atoms with E-state index in [4.69, 9.17) is 0 Å². The van der Waals surface area contributed by atoms with E-state index in [9.17, 15) is 9.18 Å². The Balaban J connectivity index is 1.47. The van der Waals surface area contributed by atoms with Crippen LogP contribution in [0.2, 0.25) is 0 Å². The van der Waals surface area contributed by atoms with Gasteiger partial charge in [-0.15, -0.1) is 0 Å². The molecule has 1 aliphatic heterocycles. The van der Waals surface area contributed by atoms with Crippen LogP contribution in [0.3, 0.4) is 0 Å². The largest absolute Gasteiger partial charge is 0.356 e. The van der Waals surface area contributed by atoms with Crippen molar-refractivity contribution in [3.63, 3.8) is 0 Å². The predicted octanol–water partition coefficient (Wildman–Crippen LogP) is 5.16. The summed E-state index contributed by atoms with van der Waals surface area (Å²) >= 11 is 0. The molecule has 1 N–H and O–H groups in total. The van der Waals surface area contributed by atoms with Crippen LogP contribution in [-0.2, 0) is 17.8 Å². The fraction of sp³-hybridized carbons (Fsp3) is 0.357. The first-order valence-corrected chi connectivity index (χ1v) is 11.8. The predicted molar refractivity (Wildman–Crippen MR) is 130 cm³/mol. The van der Waals surface area contributed by atoms with E-state index >= 15 is 0 Å². The van der Waals surface area contributed by atoms with E-state index in [-0.39, 0.29) is 11.7 Å². The molecule has 5 heteroatoms. The third-order valence-corrected chi connectivity index (χ3v) is 6.65. The number of amides is 1. The van der Waals surface area contributed by atoms with E-state index in [1.807, 2.05) is 56.3 Å². The molecule has 1 saturated heterocycles. The first kappa shape index (κ1) is 23.1. The number of carbonyl (C=O) groups excluding carboxylic acids is 1. The molecule has 4 nitrogen and oxygen atoms in total. The zero-order valence-electron chi connectivity index (χ0n) is 19.5. The number of aromatic nitrogens is 1. The maximum Gasteiger partial charge on any atom is 0.226 e. The number of nitrogens with zero attached hydrogens (tertiary/aromatic N) is 2. The molecule has 1 amide bonds. The Kier molecular flexibility index (Phi) is 7.19. The first-order valence-electron chi connectivity index (χ1n) is 11.8. The summed E-state index contributed by atoms with van der Waals surface area (Å²) in [5, 5.41) is 3.07. The average molecular weight is 446 g/mol. The maximum atomic E-state index is 14.2. The number of nitrogens with one attached hydrogen (secondary N) is 1. The lowest BCUT2D eigenvalue weighted by Gasteiger charge is -2.40. The highest BCUT2D eigenvalue weighted by Crippen LogP contribution is 2.36. The summed E-state index contributed by atoms with van der Waals surface area (Å²) in [6.07, 6.45) is 2.30. The lowest BCUT2D eigenvalue weighted by atomic mass is 9.72. The number of benzene rings is 2. The van der Waals surface area contributed by atoms with Crippen molar-refractivity contribution in [2.75, 3.05) is 19.6 Å². The van der Waals surface area contributed by atoms with E-state index in [1.54, 1.807) is 12.1 Å². The topological polar surface area (TPSA) is 45.2 Å². The van der Waals surface area contributed by atoms with Crippen LogP contribution < -0.4 is 5.32 Å². The van der Waals surface area contributed by atoms with E-state index in [0.717, 1.165) is 55.0 Å². The van der Waals surface area contributed by atoms with Crippen molar-refractivity contribution in [3.8, 4) is 11.1 Å². The van der Waals surface area contributed by atoms with Gasteiger partial charge in [0.15, 0.2) is 0 Å². The molecule has 2 aromatic carbocycles. The number of carbonyl (C=O) groups is 1. The van der Waals surface area contributed by atoms with Gasteiger partial charge in [-0.3, -0.25) is 14.7 Å². The van der Waals surface area contributed by atoms with Crippen molar-refractivity contribution in [1.29, 1.82) is 0 Å². The van der Waals surface area contributed by atoms with Crippen molar-refractivity contribution >= 4 is 5.91 Å². The van der Waals surface area contributed by atoms with E-state index in [1.165, 1.54) is 6.07 Å². The Bertz CT molecular complexity index is 1090. The second-order valence-electron chi connectivity index (χ2n) is 9.04. The standard InChI is InChI=1S/C28H32FN3O/c1-3-30-27(33)28(15-17-32(18-16-28)20-24-8-6-7-21(2)31-24)19-22-11-13-23(14-12-22)25-9-4-5-10-26(25)29/h4-14H,3,15-20H2,1-2H3,(H,30,33). The van der Waals surface area contributed by atoms with E-state index in [0.29, 0.717) is 18.5 Å². The number of likely N-dealkylation sites (tertiary alicyclic amines) is 1. The highest BCUT2D eigenvalue weighted by molar-refractivity contribution is 5.83. The monoisotopic (exact) mass is 445 g/mol. The minimum Gasteiger partial charge on any atom is -0.356 e. The molecule has 0 unspecified atom stereocenters. The van der Waals surface area contributed by atoms with Crippen LogP contribution in [0.15, 0.2) is 66.7 Å². The first-order chi connectivity index (χ1) is 16.0. The van der Waals surface area contributed by atoms with Crippen LogP contribution in [-0.4, -0.2) is 35.4 Å². The molecular weight excluding hydrogens is 413 g/mol. The Labute approximate surface area is 195 Å². The number of halogens is 1. The van der Waals surface area contributed by atoms with Gasteiger partial charge >= 0.3 is 0 Å². The summed E-state index contributed by atoms with van der Waals surface area (Å²) in [6, 6.07) is 20.9. The van der Waals surface area contributed by atoms with Crippen molar-refractivity contribution in [1.82, 2.24) is 15.2 Å². The second kappa shape index (κ2) is 10.3. The van der Waals surface area contributed by atoms with Gasteiger partial charge in [-0.2, -0.15) is 0 Å². The normalized spacial score (nSPS) is 15.8. The second-order valence-corrected chi connectivity index (χ2v) is 9.04. The summed E-state index contributed by atoms with van der Waals surface area (Å²) in [6.45, 7) is 7.14.